The highest BCUT2D eigenvalue weighted by Crippen LogP contribution is 2.61. The van der Waals surface area contributed by atoms with E-state index in [0.717, 1.165) is 23.2 Å². The van der Waals surface area contributed by atoms with Gasteiger partial charge in [-0.25, -0.2) is 0 Å². The van der Waals surface area contributed by atoms with Crippen molar-refractivity contribution in [2.45, 2.75) is 58.3 Å². The van der Waals surface area contributed by atoms with Crippen LogP contribution in [0.4, 0.5) is 0 Å². The summed E-state index contributed by atoms with van der Waals surface area (Å²) in [6.07, 6.45) is 14.8. The molecule has 0 amide bonds. The molecular weight excluding hydrogens is 168 g/mol. The second-order valence-electron chi connectivity index (χ2n) is 6.36. The van der Waals surface area contributed by atoms with Crippen molar-refractivity contribution in [3.8, 4) is 0 Å². The summed E-state index contributed by atoms with van der Waals surface area (Å²) >= 11 is 0. The predicted molar refractivity (Wildman–Crippen MR) is 59.8 cm³/mol. The zero-order valence-electron chi connectivity index (χ0n) is 9.47. The Morgan fingerprint density at radius 3 is 1.93 bits per heavy atom. The normalized spacial score (nSPS) is 49.9. The fourth-order valence-corrected chi connectivity index (χ4v) is 5.05. The Balaban J connectivity index is 1.74. The first-order valence-corrected chi connectivity index (χ1v) is 6.57. The van der Waals surface area contributed by atoms with Crippen molar-refractivity contribution in [1.82, 2.24) is 0 Å². The van der Waals surface area contributed by atoms with Gasteiger partial charge in [0.15, 0.2) is 0 Å². The van der Waals surface area contributed by atoms with Crippen molar-refractivity contribution in [3.63, 3.8) is 0 Å². The number of rotatable bonds is 3. The summed E-state index contributed by atoms with van der Waals surface area (Å²) in [5.74, 6) is 3.41. The molecule has 0 spiro atoms. The lowest BCUT2D eigenvalue weighted by molar-refractivity contribution is -0.0570. The molecule has 4 saturated carbocycles. The van der Waals surface area contributed by atoms with E-state index in [0.29, 0.717) is 0 Å². The first-order chi connectivity index (χ1) is 6.80. The van der Waals surface area contributed by atoms with Crippen LogP contribution in [0.2, 0.25) is 0 Å². The van der Waals surface area contributed by atoms with E-state index in [9.17, 15) is 0 Å². The van der Waals surface area contributed by atoms with Crippen molar-refractivity contribution in [2.24, 2.45) is 23.2 Å². The Bertz CT molecular complexity index is 181. The highest BCUT2D eigenvalue weighted by Gasteiger charge is 2.50. The van der Waals surface area contributed by atoms with E-state index in [1.807, 2.05) is 0 Å². The van der Waals surface area contributed by atoms with E-state index in [1.165, 1.54) is 12.8 Å². The summed E-state index contributed by atoms with van der Waals surface area (Å²) in [5.41, 5.74) is 0.821. The van der Waals surface area contributed by atoms with Crippen LogP contribution in [-0.2, 0) is 0 Å². The Labute approximate surface area is 88.5 Å². The first kappa shape index (κ1) is 9.24. The fourth-order valence-electron chi connectivity index (χ4n) is 5.05. The Hall–Kier alpha value is 0. The lowest BCUT2D eigenvalue weighted by Gasteiger charge is -2.57. The highest BCUT2D eigenvalue weighted by atomic mass is 14.5. The summed E-state index contributed by atoms with van der Waals surface area (Å²) in [6, 6.07) is 0. The SMILES string of the molecule is C[CH]CCC12CC3CC(CC(C3)C1)C2. The van der Waals surface area contributed by atoms with E-state index < -0.39 is 0 Å². The molecular formula is C14H23. The van der Waals surface area contributed by atoms with Gasteiger partial charge >= 0.3 is 0 Å². The molecule has 0 heteroatoms. The average molecular weight is 191 g/mol. The van der Waals surface area contributed by atoms with Gasteiger partial charge in [0.1, 0.15) is 0 Å². The smallest absolute Gasteiger partial charge is 0.0289 e. The van der Waals surface area contributed by atoms with Gasteiger partial charge in [0.25, 0.3) is 0 Å². The largest absolute Gasteiger partial charge is 0.0623 e. The Morgan fingerprint density at radius 1 is 1.00 bits per heavy atom. The van der Waals surface area contributed by atoms with Crippen LogP contribution < -0.4 is 0 Å². The van der Waals surface area contributed by atoms with Gasteiger partial charge in [0.05, 0.1) is 0 Å². The van der Waals surface area contributed by atoms with Gasteiger partial charge in [-0.3, -0.25) is 0 Å². The van der Waals surface area contributed by atoms with E-state index in [-0.39, 0.29) is 0 Å². The zero-order valence-corrected chi connectivity index (χ0v) is 9.47. The molecule has 14 heavy (non-hydrogen) atoms. The van der Waals surface area contributed by atoms with Crippen LogP contribution in [0.3, 0.4) is 0 Å². The summed E-state index contributed by atoms with van der Waals surface area (Å²) in [6.45, 7) is 2.22. The molecule has 4 aliphatic carbocycles. The van der Waals surface area contributed by atoms with Crippen LogP contribution >= 0.6 is 0 Å². The van der Waals surface area contributed by atoms with Gasteiger partial charge in [-0.15, -0.1) is 0 Å². The van der Waals surface area contributed by atoms with Crippen LogP contribution in [0, 0.1) is 29.6 Å². The molecule has 0 heterocycles. The highest BCUT2D eigenvalue weighted by molar-refractivity contribution is 5.01. The first-order valence-electron chi connectivity index (χ1n) is 6.57. The topological polar surface area (TPSA) is 0 Å². The standard InChI is InChI=1S/C14H23/c1-2-3-4-14-8-11-5-12(9-14)7-13(6-11)10-14/h2,11-13H,3-10H2,1H3. The molecule has 4 rings (SSSR count). The predicted octanol–water partition coefficient (Wildman–Crippen LogP) is 4.21. The molecule has 0 unspecified atom stereocenters. The lowest BCUT2D eigenvalue weighted by atomic mass is 9.48. The van der Waals surface area contributed by atoms with Crippen LogP contribution in [0.5, 0.6) is 0 Å². The van der Waals surface area contributed by atoms with Crippen LogP contribution in [-0.4, -0.2) is 0 Å². The minimum absolute atomic E-state index is 0.821. The third kappa shape index (κ3) is 1.42. The minimum Gasteiger partial charge on any atom is -0.0623 e. The van der Waals surface area contributed by atoms with Crippen molar-refractivity contribution < 1.29 is 0 Å². The molecule has 0 aromatic carbocycles. The molecule has 0 aromatic rings. The quantitative estimate of drug-likeness (QED) is 0.627. The van der Waals surface area contributed by atoms with Crippen molar-refractivity contribution in [2.75, 3.05) is 0 Å². The molecule has 4 aliphatic rings. The molecule has 0 aromatic heterocycles. The number of unbranched alkanes of at least 4 members (excludes halogenated alkanes) is 1. The van der Waals surface area contributed by atoms with Gasteiger partial charge in [-0.05, 0) is 81.0 Å². The van der Waals surface area contributed by atoms with Crippen molar-refractivity contribution >= 4 is 0 Å². The van der Waals surface area contributed by atoms with E-state index in [2.05, 4.69) is 13.3 Å². The minimum atomic E-state index is 0.821. The van der Waals surface area contributed by atoms with Crippen LogP contribution in [0.1, 0.15) is 58.3 Å². The van der Waals surface area contributed by atoms with E-state index in [1.54, 1.807) is 38.5 Å². The Kier molecular flexibility index (Phi) is 2.15. The summed E-state index contributed by atoms with van der Waals surface area (Å²) in [5, 5.41) is 0. The van der Waals surface area contributed by atoms with Crippen LogP contribution in [0.15, 0.2) is 0 Å². The zero-order chi connectivity index (χ0) is 9.60. The van der Waals surface area contributed by atoms with E-state index >= 15 is 0 Å². The molecule has 0 atom stereocenters. The maximum absolute atomic E-state index is 2.37. The fraction of sp³-hybridized carbons (Fsp3) is 0.929. The van der Waals surface area contributed by atoms with Gasteiger partial charge in [-0.1, -0.05) is 6.92 Å². The molecule has 0 nitrogen and oxygen atoms in total. The van der Waals surface area contributed by atoms with Gasteiger partial charge in [-0.2, -0.15) is 0 Å². The molecule has 0 aliphatic heterocycles. The summed E-state index contributed by atoms with van der Waals surface area (Å²) in [4.78, 5) is 0. The Morgan fingerprint density at radius 2 is 1.50 bits per heavy atom. The molecule has 79 valence electrons. The molecule has 1 radical (unpaired) electrons. The van der Waals surface area contributed by atoms with E-state index in [4.69, 9.17) is 0 Å². The number of hydrogen-bond acceptors (Lipinski definition) is 0. The van der Waals surface area contributed by atoms with Crippen molar-refractivity contribution in [3.05, 3.63) is 6.42 Å². The molecule has 4 fully saturated rings. The van der Waals surface area contributed by atoms with Crippen molar-refractivity contribution in [1.29, 1.82) is 0 Å². The lowest BCUT2D eigenvalue weighted by Crippen LogP contribution is -2.45. The molecule has 0 N–H and O–H groups in total. The third-order valence-corrected chi connectivity index (χ3v) is 5.13. The summed E-state index contributed by atoms with van der Waals surface area (Å²) < 4.78 is 0. The maximum Gasteiger partial charge on any atom is -0.0289 e. The monoisotopic (exact) mass is 191 g/mol. The van der Waals surface area contributed by atoms with Gasteiger partial charge in [0.2, 0.25) is 0 Å². The number of hydrogen-bond donors (Lipinski definition) is 0. The third-order valence-electron chi connectivity index (χ3n) is 5.13. The molecule has 0 saturated heterocycles. The van der Waals surface area contributed by atoms with Gasteiger partial charge in [0, 0.05) is 0 Å². The maximum atomic E-state index is 2.37. The second kappa shape index (κ2) is 3.25. The molecule has 4 bridgehead atoms. The van der Waals surface area contributed by atoms with Gasteiger partial charge < -0.3 is 0 Å². The summed E-state index contributed by atoms with van der Waals surface area (Å²) in [7, 11) is 0. The van der Waals surface area contributed by atoms with Crippen LogP contribution in [0.25, 0.3) is 0 Å². The second-order valence-corrected chi connectivity index (χ2v) is 6.36. The average Bonchev–Trinajstić information content (AvgIpc) is 2.12.